The van der Waals surface area contributed by atoms with Crippen molar-refractivity contribution < 1.29 is 19.4 Å². The third kappa shape index (κ3) is 10.6. The predicted octanol–water partition coefficient (Wildman–Crippen LogP) is 2.93. The van der Waals surface area contributed by atoms with Gasteiger partial charge in [-0.05, 0) is 50.1 Å². The molecule has 10 heteroatoms. The van der Waals surface area contributed by atoms with E-state index in [1.807, 2.05) is 43.3 Å². The SMILES string of the molecule is CC=O.CCOC.NC=O.NN/C(=C\Cc1ccc(O)c(Cl)c1)c1nc2ccccc2[nH]1. The molecule has 2 aromatic carbocycles. The number of phenols is 1. The Morgan fingerprint density at radius 1 is 1.28 bits per heavy atom. The van der Waals surface area contributed by atoms with Crippen molar-refractivity contribution in [3.63, 3.8) is 0 Å². The molecule has 32 heavy (non-hydrogen) atoms. The molecule has 0 aliphatic rings. The number of aldehydes is 1. The number of aromatic amines is 1. The predicted molar refractivity (Wildman–Crippen MR) is 128 cm³/mol. The Kier molecular flexibility index (Phi) is 15.5. The monoisotopic (exact) mass is 463 g/mol. The minimum atomic E-state index is 0.0730. The number of halogens is 1. The van der Waals surface area contributed by atoms with E-state index in [2.05, 4.69) is 25.9 Å². The first kappa shape index (κ1) is 28.6. The third-order valence-corrected chi connectivity index (χ3v) is 3.95. The second-order valence-corrected chi connectivity index (χ2v) is 6.21. The zero-order valence-corrected chi connectivity index (χ0v) is 19.1. The normalized spacial score (nSPS) is 9.84. The number of aromatic nitrogens is 2. The summed E-state index contributed by atoms with van der Waals surface area (Å²) in [6, 6.07) is 12.9. The van der Waals surface area contributed by atoms with Crippen molar-refractivity contribution in [2.45, 2.75) is 20.3 Å². The maximum absolute atomic E-state index is 9.43. The van der Waals surface area contributed by atoms with Gasteiger partial charge >= 0.3 is 0 Å². The summed E-state index contributed by atoms with van der Waals surface area (Å²) in [6.45, 7) is 4.22. The molecule has 0 aliphatic carbocycles. The van der Waals surface area contributed by atoms with Gasteiger partial charge in [0, 0.05) is 13.7 Å². The fourth-order valence-electron chi connectivity index (χ4n) is 2.20. The molecular formula is C22H30ClN5O4. The first-order valence-corrected chi connectivity index (χ1v) is 9.93. The number of nitrogens with one attached hydrogen (secondary N) is 2. The average molecular weight is 464 g/mol. The molecule has 1 amide bonds. The largest absolute Gasteiger partial charge is 0.506 e. The lowest BCUT2D eigenvalue weighted by Gasteiger charge is -2.04. The number of benzene rings is 2. The van der Waals surface area contributed by atoms with Crippen molar-refractivity contribution in [3.8, 4) is 5.75 Å². The van der Waals surface area contributed by atoms with Crippen molar-refractivity contribution in [1.82, 2.24) is 15.4 Å². The first-order chi connectivity index (χ1) is 15.4. The Hall–Kier alpha value is -3.40. The van der Waals surface area contributed by atoms with Crippen LogP contribution in [0.15, 0.2) is 48.5 Å². The van der Waals surface area contributed by atoms with Crippen molar-refractivity contribution in [2.75, 3.05) is 13.7 Å². The van der Waals surface area contributed by atoms with Gasteiger partial charge < -0.3 is 30.8 Å². The van der Waals surface area contributed by atoms with E-state index in [1.54, 1.807) is 19.2 Å². The summed E-state index contributed by atoms with van der Waals surface area (Å²) in [5.74, 6) is 6.35. The second-order valence-electron chi connectivity index (χ2n) is 5.80. The number of ether oxygens (including phenoxy) is 1. The molecule has 0 fully saturated rings. The van der Waals surface area contributed by atoms with Gasteiger partial charge in [-0.25, -0.2) is 4.98 Å². The van der Waals surface area contributed by atoms with Gasteiger partial charge in [-0.2, -0.15) is 0 Å². The number of primary amides is 1. The number of phenolic OH excluding ortho intramolecular Hbond substituents is 1. The molecule has 9 nitrogen and oxygen atoms in total. The van der Waals surface area contributed by atoms with Crippen LogP contribution in [-0.2, 0) is 20.7 Å². The number of imidazole rings is 1. The van der Waals surface area contributed by atoms with E-state index in [-0.39, 0.29) is 12.2 Å². The highest BCUT2D eigenvalue weighted by Gasteiger charge is 2.07. The molecule has 0 aliphatic heterocycles. The van der Waals surface area contributed by atoms with E-state index in [1.165, 1.54) is 6.92 Å². The van der Waals surface area contributed by atoms with E-state index in [9.17, 15) is 5.11 Å². The smallest absolute Gasteiger partial charge is 0.204 e. The molecule has 1 aromatic heterocycles. The van der Waals surface area contributed by atoms with Crippen LogP contribution in [-0.4, -0.2) is 41.5 Å². The molecule has 0 unspecified atom stereocenters. The summed E-state index contributed by atoms with van der Waals surface area (Å²) in [5.41, 5.74) is 10.3. The maximum Gasteiger partial charge on any atom is 0.204 e. The number of H-pyrrole nitrogens is 1. The van der Waals surface area contributed by atoms with Crippen LogP contribution in [0, 0.1) is 0 Å². The lowest BCUT2D eigenvalue weighted by molar-refractivity contribution is -0.107. The standard InChI is InChI=1S/C16H15ClN4O.C3H8O.C2H4O.CH3NO/c17-11-9-10(6-8-15(11)22)5-7-14(21-18)16-19-12-3-1-2-4-13(12)20-16;1-3-4-2;1-2-3;2-1-3/h1-4,6-9,21-22H,5,18H2,(H,19,20);3H2,1-2H3;2H,1H3;1H,(H2,2,3)/b14-7-;;;. The molecule has 0 bridgehead atoms. The third-order valence-electron chi connectivity index (χ3n) is 3.64. The fraction of sp³-hybridized carbons (Fsp3) is 0.227. The van der Waals surface area contributed by atoms with Gasteiger partial charge in [-0.3, -0.25) is 10.6 Å². The number of hydrogen-bond donors (Lipinski definition) is 5. The summed E-state index contributed by atoms with van der Waals surface area (Å²) in [6.07, 6.45) is 3.52. The first-order valence-electron chi connectivity index (χ1n) is 9.55. The van der Waals surface area contributed by atoms with Crippen LogP contribution in [0.4, 0.5) is 0 Å². The molecule has 7 N–H and O–H groups in total. The van der Waals surface area contributed by atoms with Gasteiger partial charge in [-0.1, -0.05) is 35.9 Å². The summed E-state index contributed by atoms with van der Waals surface area (Å²) in [7, 11) is 1.68. The van der Waals surface area contributed by atoms with Crippen LogP contribution in [0.5, 0.6) is 5.75 Å². The molecule has 3 aromatic rings. The van der Waals surface area contributed by atoms with Gasteiger partial charge in [0.25, 0.3) is 0 Å². The second kappa shape index (κ2) is 17.3. The summed E-state index contributed by atoms with van der Waals surface area (Å²) in [5, 5.41) is 9.76. The highest BCUT2D eigenvalue weighted by molar-refractivity contribution is 6.32. The zero-order valence-electron chi connectivity index (χ0n) is 18.3. The number of methoxy groups -OCH3 is 1. The lowest BCUT2D eigenvalue weighted by Crippen LogP contribution is -2.21. The van der Waals surface area contributed by atoms with Crippen molar-refractivity contribution in [3.05, 3.63) is 65.0 Å². The van der Waals surface area contributed by atoms with Gasteiger partial charge in [0.2, 0.25) is 6.41 Å². The Morgan fingerprint density at radius 2 is 1.88 bits per heavy atom. The molecule has 0 spiro atoms. The number of amides is 1. The highest BCUT2D eigenvalue weighted by atomic mass is 35.5. The van der Waals surface area contributed by atoms with E-state index < -0.39 is 0 Å². The Labute approximate surface area is 192 Å². The molecule has 1 heterocycles. The maximum atomic E-state index is 9.43. The molecule has 174 valence electrons. The molecular weight excluding hydrogens is 434 g/mol. The number of para-hydroxylation sites is 2. The summed E-state index contributed by atoms with van der Waals surface area (Å²) < 4.78 is 4.54. The van der Waals surface area contributed by atoms with Crippen LogP contribution >= 0.6 is 11.6 Å². The van der Waals surface area contributed by atoms with E-state index >= 15 is 0 Å². The molecule has 0 atom stereocenters. The van der Waals surface area contributed by atoms with Gasteiger partial charge in [0.05, 0.1) is 21.8 Å². The Bertz CT molecular complexity index is 935. The summed E-state index contributed by atoms with van der Waals surface area (Å²) in [4.78, 5) is 25.1. The number of fused-ring (bicyclic) bond motifs is 1. The number of carbonyl (C=O) groups excluding carboxylic acids is 2. The number of nitrogens with zero attached hydrogens (tertiary/aromatic N) is 1. The number of rotatable bonds is 5. The minimum Gasteiger partial charge on any atom is -0.506 e. The van der Waals surface area contributed by atoms with E-state index in [4.69, 9.17) is 27.0 Å². The fourth-order valence-corrected chi connectivity index (χ4v) is 2.40. The van der Waals surface area contributed by atoms with Crippen molar-refractivity contribution >= 4 is 41.0 Å². The number of hydrazine groups is 1. The minimum absolute atomic E-state index is 0.0730. The van der Waals surface area contributed by atoms with Crippen LogP contribution in [0.2, 0.25) is 5.02 Å². The van der Waals surface area contributed by atoms with Crippen LogP contribution < -0.4 is 17.0 Å². The molecule has 0 radical (unpaired) electrons. The average Bonchev–Trinajstić information content (AvgIpc) is 3.22. The Morgan fingerprint density at radius 3 is 2.38 bits per heavy atom. The molecule has 3 rings (SSSR count). The number of nitrogens with two attached hydrogens (primary N) is 2. The van der Waals surface area contributed by atoms with E-state index in [0.29, 0.717) is 23.0 Å². The molecule has 0 saturated heterocycles. The number of aromatic hydroxyl groups is 1. The van der Waals surface area contributed by atoms with Crippen molar-refractivity contribution in [1.29, 1.82) is 0 Å². The van der Waals surface area contributed by atoms with Crippen LogP contribution in [0.1, 0.15) is 25.2 Å². The van der Waals surface area contributed by atoms with Gasteiger partial charge in [0.1, 0.15) is 12.0 Å². The molecule has 0 saturated carbocycles. The van der Waals surface area contributed by atoms with Crippen LogP contribution in [0.3, 0.4) is 0 Å². The Balaban J connectivity index is 0.000000820. The summed E-state index contributed by atoms with van der Waals surface area (Å²) >= 11 is 5.90. The van der Waals surface area contributed by atoms with Gasteiger partial charge in [-0.15, -0.1) is 0 Å². The quantitative estimate of drug-likeness (QED) is 0.221. The zero-order chi connectivity index (χ0) is 24.4. The van der Waals surface area contributed by atoms with Gasteiger partial charge in [0.15, 0.2) is 5.82 Å². The lowest BCUT2D eigenvalue weighted by atomic mass is 10.1. The van der Waals surface area contributed by atoms with E-state index in [0.717, 1.165) is 29.5 Å². The number of allylic oxidation sites excluding steroid dienone is 1. The number of carbonyl (C=O) groups is 2. The number of hydrogen-bond acceptors (Lipinski definition) is 7. The topological polar surface area (TPSA) is 156 Å². The van der Waals surface area contributed by atoms with Crippen molar-refractivity contribution in [2.24, 2.45) is 11.6 Å². The van der Waals surface area contributed by atoms with Crippen LogP contribution in [0.25, 0.3) is 16.7 Å². The highest BCUT2D eigenvalue weighted by Crippen LogP contribution is 2.24.